The van der Waals surface area contributed by atoms with Crippen molar-refractivity contribution in [2.24, 2.45) is 0 Å². The van der Waals surface area contributed by atoms with Crippen LogP contribution in [0.4, 0.5) is 0 Å². The Kier molecular flexibility index (Phi) is 6.98. The zero-order valence-corrected chi connectivity index (χ0v) is 18.9. The van der Waals surface area contributed by atoms with Gasteiger partial charge in [-0.3, -0.25) is 0 Å². The molecule has 24 heavy (non-hydrogen) atoms. The molecule has 0 N–H and O–H groups in total. The second-order valence-electron chi connectivity index (χ2n) is 6.16. The summed E-state index contributed by atoms with van der Waals surface area (Å²) >= 11 is -0.748. The number of allylic oxidation sites excluding steroid dienone is 4. The Bertz CT molecular complexity index is 773. The van der Waals surface area contributed by atoms with Gasteiger partial charge in [-0.1, -0.05) is 0 Å². The average molecular weight is 523 g/mol. The molecule has 0 amide bonds. The summed E-state index contributed by atoms with van der Waals surface area (Å²) in [6, 6.07) is 18.0. The minimum absolute atomic E-state index is 0. The number of hydrogen-bond acceptors (Lipinski definition) is 0. The van der Waals surface area contributed by atoms with E-state index in [-0.39, 0.29) is 24.8 Å². The van der Waals surface area contributed by atoms with E-state index in [0.29, 0.717) is 5.92 Å². The van der Waals surface area contributed by atoms with Crippen molar-refractivity contribution in [1.29, 1.82) is 0 Å². The van der Waals surface area contributed by atoms with E-state index in [0.717, 1.165) is 0 Å². The molecule has 0 atom stereocenters. The second kappa shape index (κ2) is 8.56. The first-order valence-electron chi connectivity index (χ1n) is 7.96. The van der Waals surface area contributed by atoms with E-state index in [4.69, 9.17) is 0 Å². The van der Waals surface area contributed by atoms with Crippen LogP contribution < -0.4 is 0 Å². The van der Waals surface area contributed by atoms with E-state index in [1.807, 2.05) is 0 Å². The van der Waals surface area contributed by atoms with E-state index in [1.165, 1.54) is 35.1 Å². The van der Waals surface area contributed by atoms with Crippen molar-refractivity contribution in [3.05, 3.63) is 81.2 Å². The van der Waals surface area contributed by atoms with Crippen LogP contribution in [0.1, 0.15) is 36.8 Å². The van der Waals surface area contributed by atoms with Gasteiger partial charge < -0.3 is 0 Å². The van der Waals surface area contributed by atoms with E-state index in [9.17, 15) is 0 Å². The third kappa shape index (κ3) is 3.74. The fraction of sp³-hybridized carbons (Fsp3) is 0.190. The third-order valence-corrected chi connectivity index (χ3v) is 9.37. The van der Waals surface area contributed by atoms with Gasteiger partial charge in [0.2, 0.25) is 0 Å². The monoisotopic (exact) mass is 523 g/mol. The molecule has 0 aliphatic heterocycles. The molecule has 0 heterocycles. The topological polar surface area (TPSA) is 0 Å². The van der Waals surface area contributed by atoms with E-state index in [1.54, 1.807) is 6.58 Å². The van der Waals surface area contributed by atoms with Crippen LogP contribution in [0.25, 0.3) is 11.1 Å². The SMILES string of the molecule is C/[C](CC1c2ccccc2-c2ccccc21)=[Hf]\[C]1=CC=CC1.Cl.Cl. The van der Waals surface area contributed by atoms with Crippen molar-refractivity contribution in [3.8, 4) is 11.1 Å². The van der Waals surface area contributed by atoms with E-state index in [2.05, 4.69) is 73.7 Å². The number of rotatable bonds is 3. The predicted octanol–water partition coefficient (Wildman–Crippen LogP) is 6.15. The summed E-state index contributed by atoms with van der Waals surface area (Å²) in [6.07, 6.45) is 9.36. The van der Waals surface area contributed by atoms with Gasteiger partial charge in [-0.05, 0) is 0 Å². The third-order valence-electron chi connectivity index (χ3n) is 4.62. The van der Waals surface area contributed by atoms with Gasteiger partial charge in [-0.25, -0.2) is 0 Å². The molecule has 0 spiro atoms. The summed E-state index contributed by atoms with van der Waals surface area (Å²) in [5.74, 6) is 0.579. The molecule has 0 aromatic heterocycles. The first kappa shape index (κ1) is 19.6. The molecule has 0 fully saturated rings. The standard InChI is InChI=1S/C16H14.C5H5.2ClH.Hf/c1-2-7-12-13-8-3-5-10-15(13)16-11-6-4-9-14(12)16;1-2-4-5-3-1;;;/h3-6,8-12H,7H2,1H3;1-3H,4H2;2*1H;. The first-order valence-corrected chi connectivity index (χ1v) is 11.6. The van der Waals surface area contributed by atoms with Crippen molar-refractivity contribution < 1.29 is 22.4 Å². The van der Waals surface area contributed by atoms with Crippen LogP contribution >= 0.6 is 24.8 Å². The molecule has 2 aromatic rings. The molecule has 2 aliphatic carbocycles. The van der Waals surface area contributed by atoms with Gasteiger partial charge in [0.05, 0.1) is 0 Å². The van der Waals surface area contributed by atoms with Crippen LogP contribution in [0, 0.1) is 0 Å². The number of halogens is 2. The van der Waals surface area contributed by atoms with Gasteiger partial charge in [0.15, 0.2) is 0 Å². The van der Waals surface area contributed by atoms with E-state index < -0.39 is 22.4 Å². The zero-order valence-electron chi connectivity index (χ0n) is 13.7. The minimum Gasteiger partial charge on any atom is -0.147 e. The maximum Gasteiger partial charge on any atom is -0.147 e. The molecule has 0 bridgehead atoms. The molecule has 0 nitrogen and oxygen atoms in total. The molecule has 2 aliphatic rings. The Morgan fingerprint density at radius 2 is 1.54 bits per heavy atom. The zero-order chi connectivity index (χ0) is 14.9. The Balaban J connectivity index is 0.00000104. The summed E-state index contributed by atoms with van der Waals surface area (Å²) in [4.78, 5) is 0. The van der Waals surface area contributed by atoms with Crippen molar-refractivity contribution in [3.63, 3.8) is 0 Å². The Morgan fingerprint density at radius 3 is 2.08 bits per heavy atom. The van der Waals surface area contributed by atoms with Crippen LogP contribution in [0.5, 0.6) is 0 Å². The fourth-order valence-electron chi connectivity index (χ4n) is 3.65. The number of hydrogen-bond donors (Lipinski definition) is 0. The second-order valence-corrected chi connectivity index (χ2v) is 12.4. The molecule has 0 radical (unpaired) electrons. The van der Waals surface area contributed by atoms with Crippen LogP contribution in [0.15, 0.2) is 70.1 Å². The normalized spacial score (nSPS) is 14.9. The number of benzene rings is 2. The molecule has 2 aromatic carbocycles. The summed E-state index contributed by atoms with van der Waals surface area (Å²) in [5.41, 5.74) is 5.97. The van der Waals surface area contributed by atoms with Crippen molar-refractivity contribution >= 4 is 28.1 Å². The summed E-state index contributed by atoms with van der Waals surface area (Å²) in [5, 5.41) is 0. The predicted molar refractivity (Wildman–Crippen MR) is 105 cm³/mol. The summed E-state index contributed by atoms with van der Waals surface area (Å²) < 4.78 is 3.53. The summed E-state index contributed by atoms with van der Waals surface area (Å²) in [7, 11) is 0. The van der Waals surface area contributed by atoms with Crippen molar-refractivity contribution in [2.45, 2.75) is 25.7 Å². The van der Waals surface area contributed by atoms with Gasteiger partial charge in [0, 0.05) is 0 Å². The van der Waals surface area contributed by atoms with Crippen LogP contribution in [0.3, 0.4) is 0 Å². The molecular formula is C21H21Cl2Hf. The molecule has 0 saturated carbocycles. The Morgan fingerprint density at radius 1 is 0.958 bits per heavy atom. The largest absolute Gasteiger partial charge is 0.147 e. The molecule has 3 heteroatoms. The first-order chi connectivity index (χ1) is 10.8. The van der Waals surface area contributed by atoms with Gasteiger partial charge >= 0.3 is 144 Å². The Hall–Kier alpha value is -0.760. The van der Waals surface area contributed by atoms with Crippen LogP contribution in [-0.2, 0) is 22.4 Å². The average Bonchev–Trinajstić information content (AvgIpc) is 3.15. The van der Waals surface area contributed by atoms with Crippen LogP contribution in [0.2, 0.25) is 0 Å². The van der Waals surface area contributed by atoms with Gasteiger partial charge in [0.1, 0.15) is 0 Å². The van der Waals surface area contributed by atoms with Gasteiger partial charge in [-0.2, -0.15) is 0 Å². The fourth-order valence-corrected chi connectivity index (χ4v) is 8.16. The maximum atomic E-state index is 2.41. The number of fused-ring (bicyclic) bond motifs is 3. The molecule has 0 unspecified atom stereocenters. The molecule has 0 saturated heterocycles. The maximum absolute atomic E-state index is 2.41. The van der Waals surface area contributed by atoms with Crippen LogP contribution in [-0.4, -0.2) is 3.26 Å². The minimum atomic E-state index is -0.748. The van der Waals surface area contributed by atoms with Crippen molar-refractivity contribution in [2.75, 3.05) is 0 Å². The van der Waals surface area contributed by atoms with Gasteiger partial charge in [0.25, 0.3) is 0 Å². The smallest absolute Gasteiger partial charge is 0.147 e. The molecular weight excluding hydrogens is 502 g/mol. The molecule has 4 rings (SSSR count). The quantitative estimate of drug-likeness (QED) is 0.424. The summed E-state index contributed by atoms with van der Waals surface area (Å²) in [6.45, 7) is 2.41. The molecule has 123 valence electrons. The van der Waals surface area contributed by atoms with Gasteiger partial charge in [-0.15, -0.1) is 24.8 Å². The Labute approximate surface area is 167 Å². The van der Waals surface area contributed by atoms with Crippen molar-refractivity contribution in [1.82, 2.24) is 0 Å². The van der Waals surface area contributed by atoms with E-state index >= 15 is 0 Å².